The molecule has 0 bridgehead atoms. The summed E-state index contributed by atoms with van der Waals surface area (Å²) in [6.45, 7) is 3.44. The molecule has 1 aromatic heterocycles. The molecule has 1 aromatic rings. The molecule has 20 heavy (non-hydrogen) atoms. The van der Waals surface area contributed by atoms with Crippen molar-refractivity contribution in [3.63, 3.8) is 0 Å². The van der Waals surface area contributed by atoms with Gasteiger partial charge in [-0.15, -0.1) is 5.10 Å². The number of aromatic nitrogens is 2. The van der Waals surface area contributed by atoms with Crippen LogP contribution in [-0.4, -0.2) is 47.5 Å². The summed E-state index contributed by atoms with van der Waals surface area (Å²) in [6, 6.07) is 2.03. The number of hydrogen-bond donors (Lipinski definition) is 2. The average Bonchev–Trinajstić information content (AvgIpc) is 3.31. The third-order valence-corrected chi connectivity index (χ3v) is 3.69. The predicted octanol–water partition coefficient (Wildman–Crippen LogP) is 0.822. The lowest BCUT2D eigenvalue weighted by Crippen LogP contribution is -2.39. The van der Waals surface area contributed by atoms with Crippen molar-refractivity contribution in [2.75, 3.05) is 25.2 Å². The maximum atomic E-state index is 8.90. The molecular formula is C13H21N5O2. The van der Waals surface area contributed by atoms with Crippen LogP contribution in [0.4, 0.5) is 5.82 Å². The van der Waals surface area contributed by atoms with Gasteiger partial charge in [-0.25, -0.2) is 0 Å². The van der Waals surface area contributed by atoms with Gasteiger partial charge in [0.15, 0.2) is 11.7 Å². The largest absolute Gasteiger partial charge is 0.409 e. The van der Waals surface area contributed by atoms with Crippen LogP contribution >= 0.6 is 0 Å². The number of nitrogens with zero attached hydrogens (tertiary/aromatic N) is 4. The minimum Gasteiger partial charge on any atom is -0.409 e. The smallest absolute Gasteiger partial charge is 0.173 e. The second-order valence-corrected chi connectivity index (χ2v) is 5.02. The number of ether oxygens (including phenoxy) is 1. The van der Waals surface area contributed by atoms with Crippen LogP contribution in [0.25, 0.3) is 0 Å². The van der Waals surface area contributed by atoms with Crippen molar-refractivity contribution >= 4 is 11.7 Å². The summed E-state index contributed by atoms with van der Waals surface area (Å²) in [7, 11) is 1.67. The van der Waals surface area contributed by atoms with Gasteiger partial charge in [0.25, 0.3) is 0 Å². The maximum absolute atomic E-state index is 8.90. The summed E-state index contributed by atoms with van der Waals surface area (Å²) in [5.74, 6) is 1.34. The van der Waals surface area contributed by atoms with Crippen molar-refractivity contribution < 1.29 is 9.94 Å². The highest BCUT2D eigenvalue weighted by Crippen LogP contribution is 2.36. The molecule has 0 aliphatic heterocycles. The fourth-order valence-corrected chi connectivity index (χ4v) is 2.32. The van der Waals surface area contributed by atoms with Gasteiger partial charge in [-0.3, -0.25) is 0 Å². The zero-order valence-corrected chi connectivity index (χ0v) is 11.9. The van der Waals surface area contributed by atoms with Crippen LogP contribution in [0.2, 0.25) is 0 Å². The number of hydrogen-bond acceptors (Lipinski definition) is 6. The zero-order valence-electron chi connectivity index (χ0n) is 11.9. The Morgan fingerprint density at radius 3 is 3.00 bits per heavy atom. The molecule has 2 rings (SSSR count). The topological polar surface area (TPSA) is 96.9 Å². The Kier molecular flexibility index (Phi) is 4.73. The van der Waals surface area contributed by atoms with E-state index in [1.54, 1.807) is 13.2 Å². The molecule has 1 aliphatic carbocycles. The van der Waals surface area contributed by atoms with E-state index in [1.807, 2.05) is 0 Å². The van der Waals surface area contributed by atoms with Crippen LogP contribution in [-0.2, 0) is 4.74 Å². The molecule has 1 aliphatic rings. The van der Waals surface area contributed by atoms with E-state index in [2.05, 4.69) is 27.2 Å². The summed E-state index contributed by atoms with van der Waals surface area (Å²) < 4.78 is 5.17. The monoisotopic (exact) mass is 279 g/mol. The van der Waals surface area contributed by atoms with E-state index in [4.69, 9.17) is 15.7 Å². The standard InChI is InChI=1S/C13H21N5O2/c1-9(10-3-4-10)18(7-8-20-2)13-11(12(14)17-19)5-6-15-16-13/h5-6,9-10,19H,3-4,7-8H2,1-2H3,(H2,14,17). The molecule has 0 spiro atoms. The predicted molar refractivity (Wildman–Crippen MR) is 76.0 cm³/mol. The number of oxime groups is 1. The fraction of sp³-hybridized carbons (Fsp3) is 0.615. The van der Waals surface area contributed by atoms with Crippen LogP contribution < -0.4 is 10.6 Å². The van der Waals surface area contributed by atoms with Crippen molar-refractivity contribution in [2.24, 2.45) is 16.8 Å². The highest BCUT2D eigenvalue weighted by atomic mass is 16.5. The van der Waals surface area contributed by atoms with Crippen LogP contribution in [0.5, 0.6) is 0 Å². The van der Waals surface area contributed by atoms with E-state index in [0.29, 0.717) is 36.5 Å². The molecule has 0 saturated heterocycles. The van der Waals surface area contributed by atoms with Crippen molar-refractivity contribution in [1.82, 2.24) is 10.2 Å². The van der Waals surface area contributed by atoms with Gasteiger partial charge >= 0.3 is 0 Å². The number of anilines is 1. The van der Waals surface area contributed by atoms with E-state index in [9.17, 15) is 0 Å². The van der Waals surface area contributed by atoms with E-state index in [-0.39, 0.29) is 5.84 Å². The summed E-state index contributed by atoms with van der Waals surface area (Å²) in [5.41, 5.74) is 6.32. The third kappa shape index (κ3) is 3.16. The van der Waals surface area contributed by atoms with Gasteiger partial charge in [-0.1, -0.05) is 5.16 Å². The molecule has 110 valence electrons. The molecule has 7 heteroatoms. The number of nitrogens with two attached hydrogens (primary N) is 1. The Morgan fingerprint density at radius 1 is 1.65 bits per heavy atom. The van der Waals surface area contributed by atoms with Crippen LogP contribution in [0.3, 0.4) is 0 Å². The second kappa shape index (κ2) is 6.51. The molecule has 1 heterocycles. The first-order chi connectivity index (χ1) is 9.69. The number of methoxy groups -OCH3 is 1. The highest BCUT2D eigenvalue weighted by Gasteiger charge is 2.33. The molecule has 0 amide bonds. The average molecular weight is 279 g/mol. The third-order valence-electron chi connectivity index (χ3n) is 3.69. The first kappa shape index (κ1) is 14.5. The Balaban J connectivity index is 2.31. The molecule has 1 fully saturated rings. The van der Waals surface area contributed by atoms with Gasteiger partial charge in [-0.2, -0.15) is 5.10 Å². The zero-order chi connectivity index (χ0) is 14.5. The molecule has 1 unspecified atom stereocenters. The molecule has 0 radical (unpaired) electrons. The number of rotatable bonds is 7. The van der Waals surface area contributed by atoms with Crippen molar-refractivity contribution in [2.45, 2.75) is 25.8 Å². The van der Waals surface area contributed by atoms with Crippen LogP contribution in [0.1, 0.15) is 25.3 Å². The Bertz CT molecular complexity index is 476. The van der Waals surface area contributed by atoms with Gasteiger partial charge in [0.1, 0.15) is 0 Å². The van der Waals surface area contributed by atoms with E-state index < -0.39 is 0 Å². The summed E-state index contributed by atoms with van der Waals surface area (Å²) in [4.78, 5) is 2.13. The first-order valence-corrected chi connectivity index (χ1v) is 6.74. The molecule has 0 aromatic carbocycles. The highest BCUT2D eigenvalue weighted by molar-refractivity contribution is 6.01. The summed E-state index contributed by atoms with van der Waals surface area (Å²) >= 11 is 0. The quantitative estimate of drug-likeness (QED) is 0.332. The van der Waals surface area contributed by atoms with E-state index in [1.165, 1.54) is 19.0 Å². The number of amidine groups is 1. The molecule has 1 saturated carbocycles. The maximum Gasteiger partial charge on any atom is 0.173 e. The lowest BCUT2D eigenvalue weighted by molar-refractivity contribution is 0.202. The minimum absolute atomic E-state index is 0.0420. The molecular weight excluding hydrogens is 258 g/mol. The Morgan fingerprint density at radius 2 is 2.40 bits per heavy atom. The lowest BCUT2D eigenvalue weighted by Gasteiger charge is -2.31. The summed E-state index contributed by atoms with van der Waals surface area (Å²) in [5, 5.41) is 20.1. The lowest BCUT2D eigenvalue weighted by atomic mass is 10.1. The second-order valence-electron chi connectivity index (χ2n) is 5.02. The van der Waals surface area contributed by atoms with Gasteiger partial charge in [0.2, 0.25) is 0 Å². The minimum atomic E-state index is 0.0420. The molecule has 1 atom stereocenters. The van der Waals surface area contributed by atoms with Crippen LogP contribution in [0, 0.1) is 5.92 Å². The van der Waals surface area contributed by atoms with Gasteiger partial charge < -0.3 is 20.6 Å². The SMILES string of the molecule is COCCN(c1nnccc1/C(N)=N/O)C(C)C1CC1. The van der Waals surface area contributed by atoms with Gasteiger partial charge in [0, 0.05) is 19.7 Å². The van der Waals surface area contributed by atoms with Crippen molar-refractivity contribution in [3.05, 3.63) is 17.8 Å². The summed E-state index contributed by atoms with van der Waals surface area (Å²) in [6.07, 6.45) is 3.99. The van der Waals surface area contributed by atoms with Crippen LogP contribution in [0.15, 0.2) is 17.4 Å². The van der Waals surface area contributed by atoms with Gasteiger partial charge in [-0.05, 0) is 31.7 Å². The Labute approximate surface area is 118 Å². The van der Waals surface area contributed by atoms with Crippen molar-refractivity contribution in [1.29, 1.82) is 0 Å². The Hall–Kier alpha value is -1.89. The normalized spacial score (nSPS) is 17.0. The fourth-order valence-electron chi connectivity index (χ4n) is 2.32. The van der Waals surface area contributed by atoms with E-state index in [0.717, 1.165) is 0 Å². The van der Waals surface area contributed by atoms with E-state index >= 15 is 0 Å². The molecule has 3 N–H and O–H groups in total. The van der Waals surface area contributed by atoms with Crippen molar-refractivity contribution in [3.8, 4) is 0 Å². The first-order valence-electron chi connectivity index (χ1n) is 6.74. The van der Waals surface area contributed by atoms with Gasteiger partial charge in [0.05, 0.1) is 18.4 Å². The molecule has 7 nitrogen and oxygen atoms in total.